The number of para-hydroxylation sites is 1. The number of nitrogens with one attached hydrogen (secondary N) is 1. The molecule has 1 atom stereocenters. The molecule has 1 aromatic carbocycles. The fourth-order valence-corrected chi connectivity index (χ4v) is 4.67. The Bertz CT molecular complexity index is 970. The highest BCUT2D eigenvalue weighted by Crippen LogP contribution is 2.29. The molecule has 1 aliphatic rings. The highest BCUT2D eigenvalue weighted by atomic mass is 32.1. The van der Waals surface area contributed by atoms with Gasteiger partial charge in [0.25, 0.3) is 11.8 Å². The Balaban J connectivity index is 1.39. The molecule has 8 heteroatoms. The van der Waals surface area contributed by atoms with Gasteiger partial charge in [-0.1, -0.05) is 29.5 Å². The Kier molecular flexibility index (Phi) is 5.40. The number of aromatic nitrogens is 1. The summed E-state index contributed by atoms with van der Waals surface area (Å²) >= 11 is 2.90. The van der Waals surface area contributed by atoms with Crippen LogP contribution in [0.1, 0.15) is 27.9 Å². The molecule has 4 rings (SSSR count). The minimum atomic E-state index is -0.561. The standard InChI is InChI=1S/C20H19N3O3S2/c1-13(26-15-5-3-2-4-6-15)19(25)23-9-7-16-17(11-23)28-20(21-16)22-18(24)14-8-10-27-12-14/h2-6,8,10,12-13H,7,9,11H2,1H3,(H,21,22,24). The van der Waals surface area contributed by atoms with Crippen molar-refractivity contribution < 1.29 is 14.3 Å². The molecule has 1 unspecified atom stereocenters. The van der Waals surface area contributed by atoms with Crippen LogP contribution in [0, 0.1) is 0 Å². The predicted molar refractivity (Wildman–Crippen MR) is 110 cm³/mol. The van der Waals surface area contributed by atoms with Crippen molar-refractivity contribution in [3.05, 3.63) is 63.3 Å². The molecule has 0 bridgehead atoms. The molecule has 0 fully saturated rings. The van der Waals surface area contributed by atoms with E-state index in [1.165, 1.54) is 22.7 Å². The van der Waals surface area contributed by atoms with Gasteiger partial charge in [0.05, 0.1) is 17.8 Å². The van der Waals surface area contributed by atoms with Crippen LogP contribution >= 0.6 is 22.7 Å². The van der Waals surface area contributed by atoms with Crippen LogP contribution in [-0.2, 0) is 17.8 Å². The highest BCUT2D eigenvalue weighted by Gasteiger charge is 2.28. The van der Waals surface area contributed by atoms with Crippen molar-refractivity contribution >= 4 is 39.6 Å². The van der Waals surface area contributed by atoms with Gasteiger partial charge in [-0.25, -0.2) is 4.98 Å². The third kappa shape index (κ3) is 4.07. The van der Waals surface area contributed by atoms with Crippen LogP contribution in [0.25, 0.3) is 0 Å². The average Bonchev–Trinajstić information content (AvgIpc) is 3.37. The quantitative estimate of drug-likeness (QED) is 0.690. The second-order valence-corrected chi connectivity index (χ2v) is 8.30. The van der Waals surface area contributed by atoms with Gasteiger partial charge in [-0.3, -0.25) is 14.9 Å². The maximum Gasteiger partial charge on any atom is 0.263 e. The number of carbonyl (C=O) groups excluding carboxylic acids is 2. The summed E-state index contributed by atoms with van der Waals surface area (Å²) in [7, 11) is 0. The maximum absolute atomic E-state index is 12.8. The number of ether oxygens (including phenoxy) is 1. The normalized spacial score (nSPS) is 14.2. The van der Waals surface area contributed by atoms with E-state index in [0.29, 0.717) is 36.0 Å². The molecular weight excluding hydrogens is 394 g/mol. The van der Waals surface area contributed by atoms with Gasteiger partial charge in [0.2, 0.25) is 0 Å². The molecule has 0 saturated heterocycles. The van der Waals surface area contributed by atoms with Crippen LogP contribution < -0.4 is 10.1 Å². The molecule has 2 amide bonds. The maximum atomic E-state index is 12.8. The van der Waals surface area contributed by atoms with Crippen molar-refractivity contribution in [1.82, 2.24) is 9.88 Å². The lowest BCUT2D eigenvalue weighted by atomic mass is 10.1. The Morgan fingerprint density at radius 2 is 2.07 bits per heavy atom. The molecule has 3 heterocycles. The summed E-state index contributed by atoms with van der Waals surface area (Å²) in [6, 6.07) is 11.1. The second kappa shape index (κ2) is 8.12. The molecular formula is C20H19N3O3S2. The summed E-state index contributed by atoms with van der Waals surface area (Å²) in [5, 5.41) is 7.09. The molecule has 0 saturated carbocycles. The van der Waals surface area contributed by atoms with Crippen LogP contribution in [-0.4, -0.2) is 34.3 Å². The van der Waals surface area contributed by atoms with Crippen molar-refractivity contribution in [2.45, 2.75) is 26.0 Å². The predicted octanol–water partition coefficient (Wildman–Crippen LogP) is 3.81. The van der Waals surface area contributed by atoms with E-state index >= 15 is 0 Å². The van der Waals surface area contributed by atoms with Crippen LogP contribution in [0.4, 0.5) is 5.13 Å². The topological polar surface area (TPSA) is 71.5 Å². The first-order chi connectivity index (χ1) is 13.6. The van der Waals surface area contributed by atoms with E-state index < -0.39 is 6.10 Å². The van der Waals surface area contributed by atoms with E-state index in [1.54, 1.807) is 23.3 Å². The molecule has 144 valence electrons. The van der Waals surface area contributed by atoms with Gasteiger partial charge in [0.15, 0.2) is 11.2 Å². The van der Waals surface area contributed by atoms with Crippen LogP contribution in [0.15, 0.2) is 47.2 Å². The monoisotopic (exact) mass is 413 g/mol. The van der Waals surface area contributed by atoms with Crippen molar-refractivity contribution in [2.75, 3.05) is 11.9 Å². The number of hydrogen-bond donors (Lipinski definition) is 1. The molecule has 3 aromatic rings. The lowest BCUT2D eigenvalue weighted by Crippen LogP contribution is -2.42. The Morgan fingerprint density at radius 1 is 1.25 bits per heavy atom. The van der Waals surface area contributed by atoms with Crippen molar-refractivity contribution in [1.29, 1.82) is 0 Å². The minimum absolute atomic E-state index is 0.0493. The van der Waals surface area contributed by atoms with E-state index in [4.69, 9.17) is 4.74 Å². The number of fused-ring (bicyclic) bond motifs is 1. The molecule has 1 aliphatic heterocycles. The zero-order chi connectivity index (χ0) is 19.5. The first kappa shape index (κ1) is 18.6. The van der Waals surface area contributed by atoms with Crippen LogP contribution in [0.2, 0.25) is 0 Å². The number of carbonyl (C=O) groups is 2. The number of amides is 2. The third-order valence-electron chi connectivity index (χ3n) is 4.45. The van der Waals surface area contributed by atoms with Gasteiger partial charge in [0.1, 0.15) is 5.75 Å². The minimum Gasteiger partial charge on any atom is -0.481 e. The summed E-state index contributed by atoms with van der Waals surface area (Å²) in [5.74, 6) is 0.467. The number of anilines is 1. The summed E-state index contributed by atoms with van der Waals surface area (Å²) in [6.07, 6.45) is 0.110. The summed E-state index contributed by atoms with van der Waals surface area (Å²) in [6.45, 7) is 2.85. The summed E-state index contributed by atoms with van der Waals surface area (Å²) < 4.78 is 5.76. The Morgan fingerprint density at radius 3 is 2.82 bits per heavy atom. The summed E-state index contributed by atoms with van der Waals surface area (Å²) in [4.78, 5) is 32.3. The van der Waals surface area contributed by atoms with Gasteiger partial charge in [-0.05, 0) is 30.5 Å². The number of hydrogen-bond acceptors (Lipinski definition) is 6. The second-order valence-electron chi connectivity index (χ2n) is 6.44. The fourth-order valence-electron chi connectivity index (χ4n) is 3.01. The van der Waals surface area contributed by atoms with Crippen molar-refractivity contribution in [3.63, 3.8) is 0 Å². The van der Waals surface area contributed by atoms with Crippen molar-refractivity contribution in [2.24, 2.45) is 0 Å². The molecule has 0 radical (unpaired) electrons. The zero-order valence-electron chi connectivity index (χ0n) is 15.3. The first-order valence-electron chi connectivity index (χ1n) is 8.93. The Hall–Kier alpha value is -2.71. The molecule has 2 aromatic heterocycles. The fraction of sp³-hybridized carbons (Fsp3) is 0.250. The first-order valence-corrected chi connectivity index (χ1v) is 10.7. The van der Waals surface area contributed by atoms with E-state index in [9.17, 15) is 9.59 Å². The highest BCUT2D eigenvalue weighted by molar-refractivity contribution is 7.16. The molecule has 0 spiro atoms. The molecule has 6 nitrogen and oxygen atoms in total. The van der Waals surface area contributed by atoms with Crippen LogP contribution in [0.3, 0.4) is 0 Å². The number of benzene rings is 1. The van der Waals surface area contributed by atoms with E-state index in [-0.39, 0.29) is 11.8 Å². The van der Waals surface area contributed by atoms with Gasteiger partial charge in [-0.2, -0.15) is 11.3 Å². The number of thiophene rings is 1. The van der Waals surface area contributed by atoms with E-state index in [0.717, 1.165) is 10.6 Å². The molecule has 28 heavy (non-hydrogen) atoms. The molecule has 0 aliphatic carbocycles. The van der Waals surface area contributed by atoms with Gasteiger partial charge < -0.3 is 9.64 Å². The molecule has 1 N–H and O–H groups in total. The average molecular weight is 414 g/mol. The number of thiazole rings is 1. The van der Waals surface area contributed by atoms with Crippen molar-refractivity contribution in [3.8, 4) is 5.75 Å². The SMILES string of the molecule is CC(Oc1ccccc1)C(=O)N1CCc2nc(NC(=O)c3ccsc3)sc2C1. The van der Waals surface area contributed by atoms with E-state index in [2.05, 4.69) is 10.3 Å². The van der Waals surface area contributed by atoms with Gasteiger partial charge in [0, 0.05) is 23.2 Å². The lowest BCUT2D eigenvalue weighted by Gasteiger charge is -2.28. The van der Waals surface area contributed by atoms with E-state index in [1.807, 2.05) is 35.7 Å². The van der Waals surface area contributed by atoms with Gasteiger partial charge in [-0.15, -0.1) is 0 Å². The largest absolute Gasteiger partial charge is 0.481 e. The lowest BCUT2D eigenvalue weighted by molar-refractivity contribution is -0.138. The zero-order valence-corrected chi connectivity index (χ0v) is 16.9. The third-order valence-corrected chi connectivity index (χ3v) is 6.13. The number of nitrogens with zero attached hydrogens (tertiary/aromatic N) is 2. The number of rotatable bonds is 5. The smallest absolute Gasteiger partial charge is 0.263 e. The van der Waals surface area contributed by atoms with Gasteiger partial charge >= 0.3 is 0 Å². The van der Waals surface area contributed by atoms with Crippen LogP contribution in [0.5, 0.6) is 5.75 Å². The summed E-state index contributed by atoms with van der Waals surface area (Å²) in [5.41, 5.74) is 1.58. The Labute approximate surface area is 170 Å².